The quantitative estimate of drug-likeness (QED) is 0.627. The molecule has 68 valence electrons. The summed E-state index contributed by atoms with van der Waals surface area (Å²) in [7, 11) is 3.13. The lowest BCUT2D eigenvalue weighted by Gasteiger charge is -2.30. The van der Waals surface area contributed by atoms with E-state index in [1.165, 1.54) is 0 Å². The summed E-state index contributed by atoms with van der Waals surface area (Å²) < 4.78 is 10.0. The highest BCUT2D eigenvalue weighted by atomic mass is 16.7. The van der Waals surface area contributed by atoms with Crippen molar-refractivity contribution in [3.05, 3.63) is 0 Å². The molecule has 0 aromatic rings. The number of ether oxygens (including phenoxy) is 2. The molecular weight excluding hydrogens is 144 g/mol. The first-order valence-corrected chi connectivity index (χ1v) is 3.71. The zero-order valence-electron chi connectivity index (χ0n) is 7.92. The highest BCUT2D eigenvalue weighted by Gasteiger charge is 2.30. The Labute approximate surface area is 68.3 Å². The Morgan fingerprint density at radius 2 is 1.55 bits per heavy atom. The minimum Gasteiger partial charge on any atom is -0.390 e. The van der Waals surface area contributed by atoms with Crippen molar-refractivity contribution in [3.8, 4) is 0 Å². The van der Waals surface area contributed by atoms with Gasteiger partial charge in [-0.3, -0.25) is 0 Å². The molecule has 11 heavy (non-hydrogen) atoms. The molecule has 0 saturated heterocycles. The van der Waals surface area contributed by atoms with Crippen LogP contribution in [0.15, 0.2) is 0 Å². The zero-order valence-corrected chi connectivity index (χ0v) is 7.92. The van der Waals surface area contributed by atoms with E-state index in [0.29, 0.717) is 0 Å². The molecule has 0 aromatic carbocycles. The normalized spacial score (nSPS) is 15.5. The Morgan fingerprint density at radius 3 is 1.64 bits per heavy atom. The fourth-order valence-electron chi connectivity index (χ4n) is 0.837. The predicted molar refractivity (Wildman–Crippen MR) is 43.3 cm³/mol. The largest absolute Gasteiger partial charge is 0.390 e. The van der Waals surface area contributed by atoms with E-state index in [1.54, 1.807) is 28.1 Å². The van der Waals surface area contributed by atoms with E-state index < -0.39 is 5.60 Å². The van der Waals surface area contributed by atoms with Crippen LogP contribution in [-0.4, -0.2) is 31.2 Å². The molecule has 0 rings (SSSR count). The molecule has 0 heterocycles. The van der Waals surface area contributed by atoms with Gasteiger partial charge in [-0.05, 0) is 13.8 Å². The molecule has 0 amide bonds. The molecule has 0 aliphatic heterocycles. The minimum absolute atomic E-state index is 0.0440. The summed E-state index contributed by atoms with van der Waals surface area (Å²) in [6.07, 6.45) is -0.338. The number of rotatable bonds is 4. The van der Waals surface area contributed by atoms with Crippen molar-refractivity contribution in [1.82, 2.24) is 0 Å². The van der Waals surface area contributed by atoms with Crippen molar-refractivity contribution in [1.29, 1.82) is 0 Å². The molecule has 1 N–H and O–H groups in total. The molecule has 1 unspecified atom stereocenters. The second kappa shape index (κ2) is 4.04. The second-order valence-corrected chi connectivity index (χ2v) is 3.28. The van der Waals surface area contributed by atoms with E-state index >= 15 is 0 Å². The third-order valence-corrected chi connectivity index (χ3v) is 1.99. The van der Waals surface area contributed by atoms with Gasteiger partial charge in [-0.25, -0.2) is 0 Å². The summed E-state index contributed by atoms with van der Waals surface area (Å²) in [6, 6.07) is 0. The van der Waals surface area contributed by atoms with Crippen molar-refractivity contribution >= 4 is 0 Å². The van der Waals surface area contributed by atoms with Crippen LogP contribution in [0.3, 0.4) is 0 Å². The van der Waals surface area contributed by atoms with Gasteiger partial charge in [0.05, 0.1) is 5.60 Å². The van der Waals surface area contributed by atoms with Gasteiger partial charge in [0.15, 0.2) is 6.29 Å². The average molecular weight is 162 g/mol. The van der Waals surface area contributed by atoms with Gasteiger partial charge in [0.1, 0.15) is 0 Å². The third-order valence-electron chi connectivity index (χ3n) is 1.99. The van der Waals surface area contributed by atoms with Crippen LogP contribution in [0.1, 0.15) is 20.8 Å². The zero-order chi connectivity index (χ0) is 9.07. The first kappa shape index (κ1) is 10.9. The highest BCUT2D eigenvalue weighted by Crippen LogP contribution is 2.21. The number of hydrogen-bond acceptors (Lipinski definition) is 3. The Hall–Kier alpha value is -0.120. The molecule has 3 heteroatoms. The second-order valence-electron chi connectivity index (χ2n) is 3.28. The van der Waals surface area contributed by atoms with Gasteiger partial charge >= 0.3 is 0 Å². The van der Waals surface area contributed by atoms with Crippen LogP contribution in [0, 0.1) is 5.92 Å². The topological polar surface area (TPSA) is 38.7 Å². The third kappa shape index (κ3) is 3.18. The Kier molecular flexibility index (Phi) is 4.00. The maximum Gasteiger partial charge on any atom is 0.162 e. The van der Waals surface area contributed by atoms with Gasteiger partial charge in [-0.2, -0.15) is 0 Å². The van der Waals surface area contributed by atoms with Gasteiger partial charge in [0, 0.05) is 20.1 Å². The van der Waals surface area contributed by atoms with E-state index in [2.05, 4.69) is 0 Å². The lowest BCUT2D eigenvalue weighted by Crippen LogP contribution is -2.39. The fourth-order valence-corrected chi connectivity index (χ4v) is 0.837. The molecular formula is C8H18O3. The summed E-state index contributed by atoms with van der Waals surface area (Å²) in [5, 5.41) is 9.56. The highest BCUT2D eigenvalue weighted by molar-refractivity contribution is 4.75. The molecule has 0 bridgehead atoms. The van der Waals surface area contributed by atoms with E-state index in [9.17, 15) is 5.11 Å². The van der Waals surface area contributed by atoms with Crippen LogP contribution in [-0.2, 0) is 9.47 Å². The van der Waals surface area contributed by atoms with Crippen LogP contribution >= 0.6 is 0 Å². The molecule has 1 atom stereocenters. The summed E-state index contributed by atoms with van der Waals surface area (Å²) in [4.78, 5) is 0. The molecule has 0 spiro atoms. The van der Waals surface area contributed by atoms with E-state index in [4.69, 9.17) is 9.47 Å². The van der Waals surface area contributed by atoms with Crippen LogP contribution in [0.4, 0.5) is 0 Å². The monoisotopic (exact) mass is 162 g/mol. The van der Waals surface area contributed by atoms with Crippen molar-refractivity contribution in [3.63, 3.8) is 0 Å². The molecule has 0 radical (unpaired) electrons. The Balaban J connectivity index is 4.09. The van der Waals surface area contributed by atoms with Crippen molar-refractivity contribution in [2.24, 2.45) is 5.92 Å². The number of methoxy groups -OCH3 is 2. The van der Waals surface area contributed by atoms with Gasteiger partial charge in [-0.15, -0.1) is 0 Å². The number of hydrogen-bond donors (Lipinski definition) is 1. The van der Waals surface area contributed by atoms with Gasteiger partial charge in [0.2, 0.25) is 0 Å². The molecule has 0 fully saturated rings. The standard InChI is InChI=1S/C8H18O3/c1-6(8(2,3)9)7(10-4)11-5/h6-7,9H,1-5H3. The van der Waals surface area contributed by atoms with E-state index in [-0.39, 0.29) is 12.2 Å². The molecule has 0 aromatic heterocycles. The van der Waals surface area contributed by atoms with Crippen molar-refractivity contribution < 1.29 is 14.6 Å². The Morgan fingerprint density at radius 1 is 1.18 bits per heavy atom. The van der Waals surface area contributed by atoms with Crippen LogP contribution in [0.5, 0.6) is 0 Å². The molecule has 3 nitrogen and oxygen atoms in total. The molecule has 0 aliphatic rings. The van der Waals surface area contributed by atoms with Gasteiger partial charge in [0.25, 0.3) is 0 Å². The molecule has 0 saturated carbocycles. The molecule has 0 aliphatic carbocycles. The van der Waals surface area contributed by atoms with Gasteiger partial charge < -0.3 is 14.6 Å². The Bertz CT molecular complexity index is 102. The SMILES string of the molecule is COC(OC)C(C)C(C)(C)O. The van der Waals surface area contributed by atoms with Gasteiger partial charge in [-0.1, -0.05) is 6.92 Å². The van der Waals surface area contributed by atoms with Crippen LogP contribution < -0.4 is 0 Å². The summed E-state index contributed by atoms with van der Waals surface area (Å²) >= 11 is 0. The van der Waals surface area contributed by atoms with E-state index in [0.717, 1.165) is 0 Å². The van der Waals surface area contributed by atoms with E-state index in [1.807, 2.05) is 6.92 Å². The maximum atomic E-state index is 9.56. The summed E-state index contributed by atoms with van der Waals surface area (Å²) in [5.41, 5.74) is -0.767. The first-order chi connectivity index (χ1) is 4.93. The fraction of sp³-hybridized carbons (Fsp3) is 1.00. The van der Waals surface area contributed by atoms with Crippen LogP contribution in [0.2, 0.25) is 0 Å². The predicted octanol–water partition coefficient (Wildman–Crippen LogP) is 1.01. The average Bonchev–Trinajstić information content (AvgIpc) is 1.88. The van der Waals surface area contributed by atoms with Crippen molar-refractivity contribution in [2.45, 2.75) is 32.7 Å². The van der Waals surface area contributed by atoms with Crippen LogP contribution in [0.25, 0.3) is 0 Å². The van der Waals surface area contributed by atoms with Crippen molar-refractivity contribution in [2.75, 3.05) is 14.2 Å². The summed E-state index contributed by atoms with van der Waals surface area (Å²) in [5.74, 6) is -0.0440. The smallest absolute Gasteiger partial charge is 0.162 e. The lowest BCUT2D eigenvalue weighted by molar-refractivity contribution is -0.174. The lowest BCUT2D eigenvalue weighted by atomic mass is 9.92. The first-order valence-electron chi connectivity index (χ1n) is 3.71. The minimum atomic E-state index is -0.767. The summed E-state index contributed by atoms with van der Waals surface area (Å²) in [6.45, 7) is 5.36. The number of aliphatic hydroxyl groups is 1. The maximum absolute atomic E-state index is 9.56.